The van der Waals surface area contributed by atoms with Crippen LogP contribution in [0.1, 0.15) is 47.4 Å². The Kier molecular flexibility index (Phi) is 12.2. The number of phenols is 1. The first-order chi connectivity index (χ1) is 20.6. The van der Waals surface area contributed by atoms with Crippen LogP contribution < -0.4 is 4.74 Å². The molecule has 2 unspecified atom stereocenters. The van der Waals surface area contributed by atoms with Gasteiger partial charge in [0.15, 0.2) is 5.75 Å². The zero-order valence-corrected chi connectivity index (χ0v) is 26.5. The van der Waals surface area contributed by atoms with E-state index in [1.54, 1.807) is 18.2 Å². The van der Waals surface area contributed by atoms with Crippen LogP contribution in [0.4, 0.5) is 11.4 Å². The molecule has 0 aliphatic heterocycles. The average Bonchev–Trinajstić information content (AvgIpc) is 3.00. The van der Waals surface area contributed by atoms with Gasteiger partial charge in [0.05, 0.1) is 16.5 Å². The van der Waals surface area contributed by atoms with E-state index in [0.717, 1.165) is 23.1 Å². The van der Waals surface area contributed by atoms with Gasteiger partial charge in [-0.25, -0.2) is 0 Å². The van der Waals surface area contributed by atoms with Crippen LogP contribution in [-0.2, 0) is 0 Å². The van der Waals surface area contributed by atoms with E-state index in [4.69, 9.17) is 4.74 Å². The highest BCUT2D eigenvalue weighted by Crippen LogP contribution is 2.42. The van der Waals surface area contributed by atoms with Crippen LogP contribution in [0, 0.1) is 20.2 Å². The molecule has 8 nitrogen and oxygen atoms in total. The first kappa shape index (κ1) is 33.2. The largest absolute Gasteiger partial charge is 0.502 e. The molecule has 2 atom stereocenters. The number of nitro benzene ring substituents is 2. The molecular weight excluding hydrogens is 680 g/mol. The summed E-state index contributed by atoms with van der Waals surface area (Å²) in [7, 11) is 0. The normalized spacial score (nSPS) is 11.8. The Hall–Kier alpha value is -4.28. The fraction of sp³-hybridized carbons (Fsp3) is 0.152. The van der Waals surface area contributed by atoms with Crippen molar-refractivity contribution < 1.29 is 19.7 Å². The van der Waals surface area contributed by atoms with Crippen molar-refractivity contribution in [3.63, 3.8) is 0 Å². The molecule has 0 saturated heterocycles. The van der Waals surface area contributed by atoms with Crippen molar-refractivity contribution in [2.45, 2.75) is 25.2 Å². The molecular formula is C33H30Br2N2O6. The number of aromatic hydroxyl groups is 1. The highest BCUT2D eigenvalue weighted by molar-refractivity contribution is 9.10. The Morgan fingerprint density at radius 1 is 0.791 bits per heavy atom. The number of rotatable bonds is 11. The Morgan fingerprint density at radius 2 is 1.23 bits per heavy atom. The third-order valence-electron chi connectivity index (χ3n) is 6.45. The van der Waals surface area contributed by atoms with E-state index in [1.165, 1.54) is 12.1 Å². The lowest BCUT2D eigenvalue weighted by molar-refractivity contribution is -0.386. The van der Waals surface area contributed by atoms with Gasteiger partial charge >= 0.3 is 11.4 Å². The lowest BCUT2D eigenvalue weighted by Crippen LogP contribution is -2.06. The molecule has 1 N–H and O–H groups in total. The van der Waals surface area contributed by atoms with Gasteiger partial charge in [0, 0.05) is 44.0 Å². The molecule has 43 heavy (non-hydrogen) atoms. The Morgan fingerprint density at radius 3 is 1.67 bits per heavy atom. The summed E-state index contributed by atoms with van der Waals surface area (Å²) in [5, 5.41) is 32.5. The molecule has 0 aliphatic rings. The second-order valence-electron chi connectivity index (χ2n) is 9.32. The lowest BCUT2D eigenvalue weighted by Gasteiger charge is -2.18. The van der Waals surface area contributed by atoms with Crippen LogP contribution in [0.25, 0.3) is 0 Å². The van der Waals surface area contributed by atoms with Gasteiger partial charge in [0.1, 0.15) is 0 Å². The lowest BCUT2D eigenvalue weighted by atomic mass is 9.90. The number of nitrogens with zero attached hydrogens (tertiary/aromatic N) is 2. The zero-order valence-electron chi connectivity index (χ0n) is 23.4. The standard InChI is InChI=1S/C18H18BrNO3.C15H12BrNO3/c1-3-10-23-18-16(11-14(19)12-17(18)20(21)22)15(4-2)13-8-6-5-7-9-13;1-2-12(10-6-4-3-5-7-10)13-8-11(16)9-14(15(13)18)17(19)20/h4-9,11-12,15H,2-3,10H2,1H3;2-9,12,18H,1H2. The van der Waals surface area contributed by atoms with Crippen LogP contribution in [0.3, 0.4) is 0 Å². The molecule has 0 spiro atoms. The highest BCUT2D eigenvalue weighted by atomic mass is 79.9. The number of benzene rings is 4. The minimum atomic E-state index is -0.602. The Bertz CT molecular complexity index is 1600. The SMILES string of the molecule is C=CC(c1ccccc1)c1cc(Br)cc([N+](=O)[O-])c1O.C=CC(c1ccccc1)c1cc(Br)cc([N+](=O)[O-])c1OCCC. The summed E-state index contributed by atoms with van der Waals surface area (Å²) in [6.45, 7) is 10.1. The summed E-state index contributed by atoms with van der Waals surface area (Å²) in [5.41, 5.74) is 2.75. The number of nitro groups is 2. The van der Waals surface area contributed by atoms with Crippen molar-refractivity contribution >= 4 is 43.2 Å². The van der Waals surface area contributed by atoms with Gasteiger partial charge in [0.25, 0.3) is 0 Å². The number of halogens is 2. The first-order valence-corrected chi connectivity index (χ1v) is 14.8. The number of allylic oxidation sites excluding steroid dienone is 2. The quantitative estimate of drug-likeness (QED) is 0.0942. The summed E-state index contributed by atoms with van der Waals surface area (Å²) in [5.74, 6) is -0.507. The van der Waals surface area contributed by atoms with Crippen LogP contribution >= 0.6 is 31.9 Å². The molecule has 0 aromatic heterocycles. The maximum atomic E-state index is 11.4. The van der Waals surface area contributed by atoms with Crippen LogP contribution in [0.5, 0.6) is 11.5 Å². The summed E-state index contributed by atoms with van der Waals surface area (Å²) in [6.07, 6.45) is 4.21. The monoisotopic (exact) mass is 708 g/mol. The molecule has 0 bridgehead atoms. The van der Waals surface area contributed by atoms with E-state index >= 15 is 0 Å². The van der Waals surface area contributed by atoms with E-state index < -0.39 is 9.85 Å². The van der Waals surface area contributed by atoms with Gasteiger partial charge in [0.2, 0.25) is 5.75 Å². The van der Waals surface area contributed by atoms with E-state index in [-0.39, 0.29) is 29.0 Å². The fourth-order valence-corrected chi connectivity index (χ4v) is 5.44. The molecule has 4 aromatic carbocycles. The van der Waals surface area contributed by atoms with Gasteiger partial charge in [-0.3, -0.25) is 20.2 Å². The summed E-state index contributed by atoms with van der Waals surface area (Å²) in [4.78, 5) is 21.4. The maximum absolute atomic E-state index is 11.4. The zero-order chi connectivity index (χ0) is 31.5. The van der Waals surface area contributed by atoms with Crippen molar-refractivity contribution in [2.24, 2.45) is 0 Å². The summed E-state index contributed by atoms with van der Waals surface area (Å²) < 4.78 is 6.91. The predicted molar refractivity (Wildman–Crippen MR) is 176 cm³/mol. The molecule has 0 radical (unpaired) electrons. The van der Waals surface area contributed by atoms with E-state index in [2.05, 4.69) is 45.0 Å². The molecule has 222 valence electrons. The summed E-state index contributed by atoms with van der Waals surface area (Å²) in [6, 6.07) is 25.4. The third kappa shape index (κ3) is 8.39. The maximum Gasteiger partial charge on any atom is 0.312 e. The van der Waals surface area contributed by atoms with Crippen molar-refractivity contribution in [3.05, 3.63) is 162 Å². The molecule has 4 rings (SSSR count). The number of ether oxygens (including phenoxy) is 1. The van der Waals surface area contributed by atoms with Crippen LogP contribution in [-0.4, -0.2) is 21.6 Å². The summed E-state index contributed by atoms with van der Waals surface area (Å²) >= 11 is 6.60. The minimum absolute atomic E-state index is 0.0365. The number of hydrogen-bond donors (Lipinski definition) is 1. The second-order valence-corrected chi connectivity index (χ2v) is 11.1. The van der Waals surface area contributed by atoms with Crippen molar-refractivity contribution in [2.75, 3.05) is 6.61 Å². The van der Waals surface area contributed by atoms with Crippen LogP contribution in [0.2, 0.25) is 0 Å². The van der Waals surface area contributed by atoms with Crippen molar-refractivity contribution in [3.8, 4) is 11.5 Å². The first-order valence-electron chi connectivity index (χ1n) is 13.2. The van der Waals surface area contributed by atoms with Crippen molar-refractivity contribution in [1.29, 1.82) is 0 Å². The van der Waals surface area contributed by atoms with E-state index in [1.807, 2.05) is 73.7 Å². The average molecular weight is 710 g/mol. The molecule has 10 heteroatoms. The predicted octanol–water partition coefficient (Wildman–Crippen LogP) is 9.84. The Labute approximate surface area is 266 Å². The van der Waals surface area contributed by atoms with Crippen molar-refractivity contribution in [1.82, 2.24) is 0 Å². The Balaban J connectivity index is 0.000000238. The second kappa shape index (κ2) is 15.8. The smallest absolute Gasteiger partial charge is 0.312 e. The highest BCUT2D eigenvalue weighted by Gasteiger charge is 2.26. The van der Waals surface area contributed by atoms with Gasteiger partial charge in [-0.2, -0.15) is 0 Å². The fourth-order valence-electron chi connectivity index (χ4n) is 4.52. The van der Waals surface area contributed by atoms with Crippen LogP contribution in [0.15, 0.2) is 119 Å². The molecule has 0 amide bonds. The minimum Gasteiger partial charge on any atom is -0.502 e. The topological polar surface area (TPSA) is 116 Å². The molecule has 0 saturated carbocycles. The molecule has 0 heterocycles. The van der Waals surface area contributed by atoms with E-state index in [0.29, 0.717) is 26.9 Å². The molecule has 0 fully saturated rings. The molecule has 4 aromatic rings. The van der Waals surface area contributed by atoms with Gasteiger partial charge in [-0.05, 0) is 29.7 Å². The number of phenolic OH excluding ortho intramolecular Hbond substituents is 1. The van der Waals surface area contributed by atoms with Gasteiger partial charge in [-0.1, -0.05) is 112 Å². The third-order valence-corrected chi connectivity index (χ3v) is 7.37. The van der Waals surface area contributed by atoms with E-state index in [9.17, 15) is 25.3 Å². The van der Waals surface area contributed by atoms with Gasteiger partial charge in [-0.15, -0.1) is 13.2 Å². The number of hydrogen-bond acceptors (Lipinski definition) is 6. The van der Waals surface area contributed by atoms with Gasteiger partial charge < -0.3 is 9.84 Å². The molecule has 0 aliphatic carbocycles.